The molecule has 0 fully saturated rings. The van der Waals surface area contributed by atoms with Gasteiger partial charge in [-0.15, -0.1) is 0 Å². The van der Waals surface area contributed by atoms with Gasteiger partial charge in [0.1, 0.15) is 5.82 Å². The number of pyridine rings is 1. The van der Waals surface area contributed by atoms with E-state index in [2.05, 4.69) is 10.1 Å². The van der Waals surface area contributed by atoms with Crippen molar-refractivity contribution in [1.82, 2.24) is 14.8 Å². The monoisotopic (exact) mass is 293 g/mol. The van der Waals surface area contributed by atoms with Crippen LogP contribution in [-0.2, 0) is 6.54 Å². The Balaban J connectivity index is 2.02. The van der Waals surface area contributed by atoms with E-state index < -0.39 is 0 Å². The van der Waals surface area contributed by atoms with Crippen molar-refractivity contribution in [1.29, 1.82) is 0 Å². The maximum Gasteiger partial charge on any atom is 0.259 e. The highest BCUT2D eigenvalue weighted by atomic mass is 19.1. The molecule has 0 radical (unpaired) electrons. The Morgan fingerprint density at radius 3 is 2.73 bits per heavy atom. The summed E-state index contributed by atoms with van der Waals surface area (Å²) in [5.74, 6) is -0.340. The van der Waals surface area contributed by atoms with E-state index in [1.165, 1.54) is 18.3 Å². The normalized spacial score (nSPS) is 11.3. The standard InChI is InChI=1S/C17H12FN3O/c18-12-6-7-15-13(8-12)16-14(17(22)20-15)9-19-21(16)10-11-4-2-1-3-5-11/h1-9H,10H2,(H,20,22). The first-order valence-electron chi connectivity index (χ1n) is 6.93. The van der Waals surface area contributed by atoms with Crippen molar-refractivity contribution in [2.24, 2.45) is 0 Å². The maximum atomic E-state index is 13.6. The van der Waals surface area contributed by atoms with E-state index in [0.717, 1.165) is 5.56 Å². The van der Waals surface area contributed by atoms with Crippen LogP contribution < -0.4 is 5.56 Å². The molecule has 0 amide bonds. The second-order valence-electron chi connectivity index (χ2n) is 5.19. The van der Waals surface area contributed by atoms with Crippen LogP contribution in [0.2, 0.25) is 0 Å². The molecule has 5 heteroatoms. The minimum Gasteiger partial charge on any atom is -0.321 e. The lowest BCUT2D eigenvalue weighted by atomic mass is 10.1. The summed E-state index contributed by atoms with van der Waals surface area (Å²) in [4.78, 5) is 14.9. The quantitative estimate of drug-likeness (QED) is 0.617. The lowest BCUT2D eigenvalue weighted by Gasteiger charge is -2.06. The molecule has 2 aromatic carbocycles. The molecule has 0 unspecified atom stereocenters. The fourth-order valence-electron chi connectivity index (χ4n) is 2.72. The Bertz CT molecular complexity index is 1030. The molecule has 0 bridgehead atoms. The number of nitrogens with zero attached hydrogens (tertiary/aromatic N) is 2. The molecule has 0 saturated carbocycles. The summed E-state index contributed by atoms with van der Waals surface area (Å²) >= 11 is 0. The zero-order valence-corrected chi connectivity index (χ0v) is 11.6. The summed E-state index contributed by atoms with van der Waals surface area (Å²) in [6, 6.07) is 14.2. The van der Waals surface area contributed by atoms with Crippen molar-refractivity contribution in [2.75, 3.05) is 0 Å². The number of aromatic nitrogens is 3. The molecule has 0 spiro atoms. The summed E-state index contributed by atoms with van der Waals surface area (Å²) < 4.78 is 15.3. The minimum atomic E-state index is -0.340. The third kappa shape index (κ3) is 1.98. The van der Waals surface area contributed by atoms with Crippen molar-refractivity contribution in [3.63, 3.8) is 0 Å². The number of aromatic amines is 1. The van der Waals surface area contributed by atoms with E-state index in [1.807, 2.05) is 30.3 Å². The predicted molar refractivity (Wildman–Crippen MR) is 83.4 cm³/mol. The van der Waals surface area contributed by atoms with Crippen LogP contribution in [0.15, 0.2) is 59.5 Å². The lowest BCUT2D eigenvalue weighted by Crippen LogP contribution is -2.08. The molecule has 22 heavy (non-hydrogen) atoms. The number of H-pyrrole nitrogens is 1. The van der Waals surface area contributed by atoms with Crippen LogP contribution in [0.4, 0.5) is 4.39 Å². The van der Waals surface area contributed by atoms with Crippen LogP contribution in [0.1, 0.15) is 5.56 Å². The number of hydrogen-bond acceptors (Lipinski definition) is 2. The minimum absolute atomic E-state index is 0.214. The predicted octanol–water partition coefficient (Wildman–Crippen LogP) is 3.07. The fraction of sp³-hybridized carbons (Fsp3) is 0.0588. The first-order valence-corrected chi connectivity index (χ1v) is 6.93. The fourth-order valence-corrected chi connectivity index (χ4v) is 2.72. The van der Waals surface area contributed by atoms with Crippen LogP contribution in [0.3, 0.4) is 0 Å². The topological polar surface area (TPSA) is 50.7 Å². The van der Waals surface area contributed by atoms with Gasteiger partial charge in [0.05, 0.1) is 29.2 Å². The summed E-state index contributed by atoms with van der Waals surface area (Å²) in [5, 5.41) is 5.43. The van der Waals surface area contributed by atoms with Crippen LogP contribution >= 0.6 is 0 Å². The van der Waals surface area contributed by atoms with Crippen molar-refractivity contribution >= 4 is 21.8 Å². The van der Waals surface area contributed by atoms with Crippen LogP contribution in [0.5, 0.6) is 0 Å². The van der Waals surface area contributed by atoms with Gasteiger partial charge in [-0.1, -0.05) is 30.3 Å². The number of fused-ring (bicyclic) bond motifs is 3. The van der Waals surface area contributed by atoms with Gasteiger partial charge < -0.3 is 4.98 Å². The van der Waals surface area contributed by atoms with E-state index in [0.29, 0.717) is 28.4 Å². The van der Waals surface area contributed by atoms with E-state index in [9.17, 15) is 9.18 Å². The number of halogens is 1. The lowest BCUT2D eigenvalue weighted by molar-refractivity contribution is 0.629. The Hall–Kier alpha value is -2.95. The first kappa shape index (κ1) is 12.8. The Labute approximate surface area is 124 Å². The van der Waals surface area contributed by atoms with Gasteiger partial charge in [-0.3, -0.25) is 9.48 Å². The first-order chi connectivity index (χ1) is 10.7. The van der Waals surface area contributed by atoms with E-state index in [4.69, 9.17) is 0 Å². The maximum absolute atomic E-state index is 13.6. The van der Waals surface area contributed by atoms with Gasteiger partial charge in [0.2, 0.25) is 0 Å². The highest BCUT2D eigenvalue weighted by Gasteiger charge is 2.12. The molecule has 0 saturated heterocycles. The van der Waals surface area contributed by atoms with Gasteiger partial charge in [-0.25, -0.2) is 4.39 Å². The van der Waals surface area contributed by atoms with E-state index in [1.54, 1.807) is 10.7 Å². The Morgan fingerprint density at radius 1 is 1.09 bits per heavy atom. The molecule has 108 valence electrons. The van der Waals surface area contributed by atoms with Gasteiger partial charge >= 0.3 is 0 Å². The van der Waals surface area contributed by atoms with Crippen molar-refractivity contribution < 1.29 is 4.39 Å². The van der Waals surface area contributed by atoms with Gasteiger partial charge in [-0.05, 0) is 23.8 Å². The smallest absolute Gasteiger partial charge is 0.259 e. The number of nitrogens with one attached hydrogen (secondary N) is 1. The van der Waals surface area contributed by atoms with Crippen LogP contribution in [0, 0.1) is 5.82 Å². The molecule has 2 heterocycles. The molecular formula is C17H12FN3O. The summed E-state index contributed by atoms with van der Waals surface area (Å²) in [6.45, 7) is 0.527. The molecule has 4 aromatic rings. The molecule has 0 aliphatic heterocycles. The summed E-state index contributed by atoms with van der Waals surface area (Å²) in [6.07, 6.45) is 1.53. The zero-order valence-electron chi connectivity index (χ0n) is 11.6. The Morgan fingerprint density at radius 2 is 1.91 bits per heavy atom. The molecular weight excluding hydrogens is 281 g/mol. The van der Waals surface area contributed by atoms with E-state index >= 15 is 0 Å². The number of hydrogen-bond donors (Lipinski definition) is 1. The van der Waals surface area contributed by atoms with E-state index in [-0.39, 0.29) is 11.4 Å². The number of benzene rings is 2. The van der Waals surface area contributed by atoms with Gasteiger partial charge in [0, 0.05) is 5.39 Å². The Kier molecular flexibility index (Phi) is 2.79. The third-order valence-corrected chi connectivity index (χ3v) is 3.74. The van der Waals surface area contributed by atoms with Crippen molar-refractivity contribution in [2.45, 2.75) is 6.54 Å². The zero-order chi connectivity index (χ0) is 15.1. The summed E-state index contributed by atoms with van der Waals surface area (Å²) in [7, 11) is 0. The average Bonchev–Trinajstić information content (AvgIpc) is 2.94. The van der Waals surface area contributed by atoms with Crippen LogP contribution in [-0.4, -0.2) is 14.8 Å². The molecule has 1 N–H and O–H groups in total. The SMILES string of the molecule is O=c1[nH]c2ccc(F)cc2c2c1cnn2Cc1ccccc1. The van der Waals surface area contributed by atoms with Crippen LogP contribution in [0.25, 0.3) is 21.8 Å². The van der Waals surface area contributed by atoms with Gasteiger partial charge in [0.15, 0.2) is 0 Å². The molecule has 0 aliphatic carbocycles. The second kappa shape index (κ2) is 4.80. The molecule has 4 rings (SSSR count). The molecule has 4 nitrogen and oxygen atoms in total. The van der Waals surface area contributed by atoms with Crippen molar-refractivity contribution in [3.05, 3.63) is 76.5 Å². The highest BCUT2D eigenvalue weighted by Crippen LogP contribution is 2.22. The summed E-state index contributed by atoms with van der Waals surface area (Å²) in [5.41, 5.74) is 2.11. The van der Waals surface area contributed by atoms with Gasteiger partial charge in [-0.2, -0.15) is 5.10 Å². The third-order valence-electron chi connectivity index (χ3n) is 3.74. The van der Waals surface area contributed by atoms with Gasteiger partial charge in [0.25, 0.3) is 5.56 Å². The number of rotatable bonds is 2. The average molecular weight is 293 g/mol. The molecule has 0 atom stereocenters. The molecule has 0 aliphatic rings. The highest BCUT2D eigenvalue weighted by molar-refractivity contribution is 6.02. The largest absolute Gasteiger partial charge is 0.321 e. The second-order valence-corrected chi connectivity index (χ2v) is 5.19. The molecule has 2 aromatic heterocycles. The van der Waals surface area contributed by atoms with Crippen molar-refractivity contribution in [3.8, 4) is 0 Å².